The molecule has 0 bridgehead atoms. The van der Waals surface area contributed by atoms with Gasteiger partial charge in [0.1, 0.15) is 0 Å². The molecule has 0 radical (unpaired) electrons. The van der Waals surface area contributed by atoms with E-state index in [-0.39, 0.29) is 16.2 Å². The number of allylic oxidation sites excluding steroid dienone is 4. The maximum absolute atomic E-state index is 2.56. The van der Waals surface area contributed by atoms with Gasteiger partial charge in [-0.25, -0.2) is 0 Å². The maximum atomic E-state index is 2.56. The molecule has 0 spiro atoms. The second-order valence-corrected chi connectivity index (χ2v) is 19.0. The van der Waals surface area contributed by atoms with E-state index in [1.165, 1.54) is 100 Å². The quantitative estimate of drug-likeness (QED) is 0.174. The molecular formula is C57H48N2. The van der Waals surface area contributed by atoms with Gasteiger partial charge in [0.05, 0.1) is 28.1 Å². The third-order valence-corrected chi connectivity index (χ3v) is 14.9. The molecule has 0 amide bonds. The first-order valence-corrected chi connectivity index (χ1v) is 21.4. The van der Waals surface area contributed by atoms with Gasteiger partial charge in [0, 0.05) is 33.2 Å². The summed E-state index contributed by atoms with van der Waals surface area (Å²) in [5.74, 6) is 0.838. The van der Waals surface area contributed by atoms with Crippen LogP contribution in [0, 0.1) is 5.92 Å². The van der Waals surface area contributed by atoms with Crippen molar-refractivity contribution >= 4 is 38.9 Å². The van der Waals surface area contributed by atoms with Crippen LogP contribution in [0.1, 0.15) is 80.8 Å². The van der Waals surface area contributed by atoms with Gasteiger partial charge in [-0.05, 0) is 122 Å². The summed E-state index contributed by atoms with van der Waals surface area (Å²) in [6.45, 7) is 14.5. The molecule has 8 aromatic rings. The molecule has 0 saturated carbocycles. The van der Waals surface area contributed by atoms with Crippen LogP contribution < -0.4 is 4.90 Å². The summed E-state index contributed by atoms with van der Waals surface area (Å²) in [5, 5.41) is 2.61. The van der Waals surface area contributed by atoms with E-state index >= 15 is 0 Å². The van der Waals surface area contributed by atoms with E-state index in [0.29, 0.717) is 11.8 Å². The van der Waals surface area contributed by atoms with Crippen molar-refractivity contribution < 1.29 is 0 Å². The Bertz CT molecular complexity index is 3130. The lowest BCUT2D eigenvalue weighted by molar-refractivity contribution is 0.394. The smallest absolute Gasteiger partial charge is 0.0544 e. The van der Waals surface area contributed by atoms with Crippen molar-refractivity contribution in [2.24, 2.45) is 5.92 Å². The standard InChI is InChI=1S/C57H48N2/c1-55(2)44-18-11-10-17-40(44)41-33-43-42-31-37(25-29-50(42)58(53(43)34-48(41)55)39-27-23-36(24-28-39)35-15-8-7-9-16-35)38-26-30-52-49(32-38)57(5,6)47-21-14-20-46-54(47)59(52)51-22-13-12-19-45(51)56(46,3)4/h7-34,40,44H,1-6H3. The number of aromatic nitrogens is 1. The average molecular weight is 761 g/mol. The van der Waals surface area contributed by atoms with Gasteiger partial charge in [-0.1, -0.05) is 157 Å². The van der Waals surface area contributed by atoms with Gasteiger partial charge in [0.2, 0.25) is 0 Å². The van der Waals surface area contributed by atoms with Crippen LogP contribution in [-0.2, 0) is 16.2 Å². The van der Waals surface area contributed by atoms with Crippen LogP contribution in [0.25, 0.3) is 49.7 Å². The number of rotatable bonds is 3. The average Bonchev–Trinajstić information content (AvgIpc) is 3.70. The molecule has 286 valence electrons. The van der Waals surface area contributed by atoms with Crippen LogP contribution in [0.2, 0.25) is 0 Å². The Hall–Kier alpha value is -6.38. The highest BCUT2D eigenvalue weighted by atomic mass is 15.2. The van der Waals surface area contributed by atoms with E-state index in [1.807, 2.05) is 0 Å². The van der Waals surface area contributed by atoms with Crippen molar-refractivity contribution in [1.29, 1.82) is 0 Å². The number of hydrogen-bond donors (Lipinski definition) is 0. The molecule has 2 aliphatic carbocycles. The van der Waals surface area contributed by atoms with Crippen LogP contribution in [0.3, 0.4) is 0 Å². The molecule has 0 N–H and O–H groups in total. The molecule has 12 rings (SSSR count). The van der Waals surface area contributed by atoms with Crippen molar-refractivity contribution in [2.75, 3.05) is 4.90 Å². The summed E-state index contributed by atoms with van der Waals surface area (Å²) in [5.41, 5.74) is 20.8. The van der Waals surface area contributed by atoms with E-state index in [9.17, 15) is 0 Å². The predicted octanol–water partition coefficient (Wildman–Crippen LogP) is 15.0. The van der Waals surface area contributed by atoms with E-state index in [1.54, 1.807) is 0 Å². The lowest BCUT2D eigenvalue weighted by Crippen LogP contribution is -2.38. The zero-order valence-corrected chi connectivity index (χ0v) is 34.7. The van der Waals surface area contributed by atoms with Crippen LogP contribution in [0.4, 0.5) is 17.1 Å². The van der Waals surface area contributed by atoms with Gasteiger partial charge in [0.25, 0.3) is 0 Å². The second-order valence-electron chi connectivity index (χ2n) is 19.0. The van der Waals surface area contributed by atoms with Crippen molar-refractivity contribution in [1.82, 2.24) is 4.57 Å². The topological polar surface area (TPSA) is 8.17 Å². The number of benzene rings is 7. The van der Waals surface area contributed by atoms with Gasteiger partial charge < -0.3 is 9.47 Å². The number of nitrogens with zero attached hydrogens (tertiary/aromatic N) is 2. The minimum atomic E-state index is -0.187. The highest BCUT2D eigenvalue weighted by Gasteiger charge is 2.46. The van der Waals surface area contributed by atoms with E-state index in [4.69, 9.17) is 0 Å². The largest absolute Gasteiger partial charge is 0.309 e. The van der Waals surface area contributed by atoms with Crippen LogP contribution in [0.15, 0.2) is 170 Å². The molecule has 2 atom stereocenters. The van der Waals surface area contributed by atoms with Crippen LogP contribution in [0.5, 0.6) is 0 Å². The first-order chi connectivity index (χ1) is 28.5. The predicted molar refractivity (Wildman–Crippen MR) is 248 cm³/mol. The normalized spacial score (nSPS) is 19.6. The van der Waals surface area contributed by atoms with Gasteiger partial charge in [-0.2, -0.15) is 0 Å². The molecule has 4 aliphatic rings. The molecular weight excluding hydrogens is 713 g/mol. The third-order valence-electron chi connectivity index (χ3n) is 14.9. The summed E-state index contributed by atoms with van der Waals surface area (Å²) in [6, 6.07) is 55.3. The Morgan fingerprint density at radius 2 is 1.05 bits per heavy atom. The third kappa shape index (κ3) is 4.63. The zero-order valence-electron chi connectivity index (χ0n) is 34.7. The number of anilines is 3. The molecule has 0 saturated heterocycles. The minimum Gasteiger partial charge on any atom is -0.309 e. The molecule has 7 aromatic carbocycles. The van der Waals surface area contributed by atoms with Crippen molar-refractivity contribution in [3.05, 3.63) is 203 Å². The van der Waals surface area contributed by atoms with Crippen LogP contribution >= 0.6 is 0 Å². The first-order valence-electron chi connectivity index (χ1n) is 21.4. The Balaban J connectivity index is 1.05. The van der Waals surface area contributed by atoms with E-state index < -0.39 is 0 Å². The van der Waals surface area contributed by atoms with Gasteiger partial charge in [-0.15, -0.1) is 0 Å². The van der Waals surface area contributed by atoms with Crippen molar-refractivity contribution in [2.45, 2.75) is 63.7 Å². The fourth-order valence-electron chi connectivity index (χ4n) is 11.6. The SMILES string of the molecule is CC1(C)c2ccccc2N2c3ccc(-c4ccc5c(c4)c4cc6c(cc4n5-c4ccc(-c5ccccc5)cc4)C(C)(C)C4C=CC=CC64)cc3C(C)(C)c3cccc1c32. The first kappa shape index (κ1) is 34.6. The van der Waals surface area contributed by atoms with Gasteiger partial charge in [-0.3, -0.25) is 0 Å². The van der Waals surface area contributed by atoms with Gasteiger partial charge in [0.15, 0.2) is 0 Å². The molecule has 2 aliphatic heterocycles. The molecule has 2 nitrogen and oxygen atoms in total. The molecule has 2 heteroatoms. The summed E-state index contributed by atoms with van der Waals surface area (Å²) < 4.78 is 2.51. The molecule has 2 unspecified atom stereocenters. The lowest BCUT2D eigenvalue weighted by atomic mass is 9.66. The molecule has 59 heavy (non-hydrogen) atoms. The second kappa shape index (κ2) is 11.9. The van der Waals surface area contributed by atoms with Crippen LogP contribution in [-0.4, -0.2) is 4.57 Å². The fraction of sp³-hybridized carbons (Fsp3) is 0.193. The Labute approximate surface area is 347 Å². The Kier molecular flexibility index (Phi) is 6.96. The summed E-state index contributed by atoms with van der Waals surface area (Å²) in [7, 11) is 0. The summed E-state index contributed by atoms with van der Waals surface area (Å²) in [4.78, 5) is 2.56. The highest BCUT2D eigenvalue weighted by molar-refractivity contribution is 6.11. The Morgan fingerprint density at radius 1 is 0.441 bits per heavy atom. The van der Waals surface area contributed by atoms with Gasteiger partial charge >= 0.3 is 0 Å². The molecule has 3 heterocycles. The number of fused-ring (bicyclic) bond motifs is 10. The monoisotopic (exact) mass is 760 g/mol. The molecule has 0 fully saturated rings. The fourth-order valence-corrected chi connectivity index (χ4v) is 11.6. The highest BCUT2D eigenvalue weighted by Crippen LogP contribution is 2.60. The summed E-state index contributed by atoms with van der Waals surface area (Å²) >= 11 is 0. The molecule has 1 aromatic heterocycles. The van der Waals surface area contributed by atoms with E-state index in [0.717, 1.165) is 0 Å². The zero-order chi connectivity index (χ0) is 40.0. The van der Waals surface area contributed by atoms with Crippen molar-refractivity contribution in [3.63, 3.8) is 0 Å². The number of hydrogen-bond acceptors (Lipinski definition) is 1. The minimum absolute atomic E-state index is 0.0268. The Morgan fingerprint density at radius 3 is 1.85 bits per heavy atom. The maximum Gasteiger partial charge on any atom is 0.0544 e. The van der Waals surface area contributed by atoms with E-state index in [2.05, 4.69) is 221 Å². The number of para-hydroxylation sites is 2. The van der Waals surface area contributed by atoms with Crippen molar-refractivity contribution in [3.8, 4) is 27.9 Å². The summed E-state index contributed by atoms with van der Waals surface area (Å²) in [6.07, 6.45) is 9.34. The lowest BCUT2D eigenvalue weighted by Gasteiger charge is -2.49.